The van der Waals surface area contributed by atoms with Crippen molar-refractivity contribution in [1.82, 2.24) is 5.43 Å². The fourth-order valence-corrected chi connectivity index (χ4v) is 3.57. The van der Waals surface area contributed by atoms with Crippen molar-refractivity contribution in [3.05, 3.63) is 119 Å². The first-order valence-electron chi connectivity index (χ1n) is 12.6. The molecule has 4 aromatic carbocycles. The highest BCUT2D eigenvalue weighted by Gasteiger charge is 2.15. The Labute approximate surface area is 233 Å². The third-order valence-corrected chi connectivity index (χ3v) is 5.82. The van der Waals surface area contributed by atoms with Crippen LogP contribution in [0.4, 0.5) is 0 Å². The van der Waals surface area contributed by atoms with Crippen LogP contribution in [-0.4, -0.2) is 31.3 Å². The van der Waals surface area contributed by atoms with E-state index in [2.05, 4.69) is 10.5 Å². The van der Waals surface area contributed by atoms with Crippen molar-refractivity contribution in [2.75, 3.05) is 7.11 Å². The van der Waals surface area contributed by atoms with Gasteiger partial charge in [-0.2, -0.15) is 5.10 Å². The lowest BCUT2D eigenvalue weighted by molar-refractivity contribution is -0.127. The Morgan fingerprint density at radius 1 is 0.875 bits per heavy atom. The highest BCUT2D eigenvalue weighted by Crippen LogP contribution is 2.28. The van der Waals surface area contributed by atoms with Crippen LogP contribution in [0.5, 0.6) is 23.0 Å². The number of ether oxygens (including phenoxy) is 4. The molecular formula is C32H30N2O6. The summed E-state index contributed by atoms with van der Waals surface area (Å²) in [6, 6.07) is 29.0. The summed E-state index contributed by atoms with van der Waals surface area (Å²) in [5.74, 6) is 0.937. The van der Waals surface area contributed by atoms with Crippen molar-refractivity contribution in [3.8, 4) is 23.0 Å². The van der Waals surface area contributed by atoms with Crippen LogP contribution in [0.25, 0.3) is 0 Å². The van der Waals surface area contributed by atoms with Crippen LogP contribution in [0, 0.1) is 6.92 Å². The number of nitrogens with zero attached hydrogens (tertiary/aromatic N) is 1. The third kappa shape index (κ3) is 7.94. The number of hydrogen-bond acceptors (Lipinski definition) is 7. The largest absolute Gasteiger partial charge is 0.493 e. The van der Waals surface area contributed by atoms with Gasteiger partial charge in [0.05, 0.1) is 18.9 Å². The summed E-state index contributed by atoms with van der Waals surface area (Å²) in [6.45, 7) is 4.03. The van der Waals surface area contributed by atoms with E-state index < -0.39 is 18.0 Å². The van der Waals surface area contributed by atoms with E-state index in [1.807, 2.05) is 49.4 Å². The van der Waals surface area contributed by atoms with Gasteiger partial charge in [-0.25, -0.2) is 10.2 Å². The van der Waals surface area contributed by atoms with Crippen LogP contribution in [0.1, 0.15) is 34.0 Å². The first-order valence-corrected chi connectivity index (χ1v) is 12.6. The minimum Gasteiger partial charge on any atom is -0.493 e. The van der Waals surface area contributed by atoms with Gasteiger partial charge in [-0.05, 0) is 79.6 Å². The number of aryl methyl sites for hydroxylation is 1. The topological polar surface area (TPSA) is 95.5 Å². The Bertz CT molecular complexity index is 1450. The molecule has 0 heterocycles. The molecule has 0 aliphatic heterocycles. The van der Waals surface area contributed by atoms with E-state index in [1.54, 1.807) is 61.5 Å². The molecule has 0 bridgehead atoms. The second-order valence-corrected chi connectivity index (χ2v) is 8.91. The normalized spacial score (nSPS) is 11.5. The predicted molar refractivity (Wildman–Crippen MR) is 152 cm³/mol. The molecule has 0 fully saturated rings. The molecule has 1 amide bonds. The average molecular weight is 539 g/mol. The number of benzene rings is 4. The van der Waals surface area contributed by atoms with Gasteiger partial charge in [-0.15, -0.1) is 0 Å². The van der Waals surface area contributed by atoms with E-state index in [4.69, 9.17) is 18.9 Å². The molecule has 0 spiro atoms. The number of carbonyl (C=O) groups excluding carboxylic acids is 2. The zero-order valence-corrected chi connectivity index (χ0v) is 22.5. The molecular weight excluding hydrogens is 508 g/mol. The van der Waals surface area contributed by atoms with Gasteiger partial charge >= 0.3 is 5.97 Å². The van der Waals surface area contributed by atoms with Crippen molar-refractivity contribution in [1.29, 1.82) is 0 Å². The van der Waals surface area contributed by atoms with E-state index in [0.717, 1.165) is 11.1 Å². The van der Waals surface area contributed by atoms with E-state index >= 15 is 0 Å². The molecule has 1 N–H and O–H groups in total. The molecule has 1 atom stereocenters. The van der Waals surface area contributed by atoms with Crippen molar-refractivity contribution in [3.63, 3.8) is 0 Å². The summed E-state index contributed by atoms with van der Waals surface area (Å²) >= 11 is 0. The Kier molecular flexibility index (Phi) is 9.50. The first-order chi connectivity index (χ1) is 19.4. The van der Waals surface area contributed by atoms with Crippen LogP contribution >= 0.6 is 0 Å². The van der Waals surface area contributed by atoms with Crippen molar-refractivity contribution in [2.24, 2.45) is 5.10 Å². The molecule has 8 heteroatoms. The van der Waals surface area contributed by atoms with Gasteiger partial charge in [0, 0.05) is 0 Å². The van der Waals surface area contributed by atoms with Gasteiger partial charge in [-0.3, -0.25) is 4.79 Å². The standard InChI is InChI=1S/C32H30N2O6/c1-22-9-12-26(13-10-22)32(36)40-29-18-11-25(19-30(29)37-3)20-33-34-31(35)23(2)39-28-16-14-27(15-17-28)38-21-24-7-5-4-6-8-24/h4-20,23H,21H2,1-3H3,(H,34,35)/b33-20+. The first kappa shape index (κ1) is 27.9. The summed E-state index contributed by atoms with van der Waals surface area (Å²) in [5, 5.41) is 4.01. The van der Waals surface area contributed by atoms with Crippen molar-refractivity contribution >= 4 is 18.1 Å². The molecule has 0 radical (unpaired) electrons. The SMILES string of the molecule is COc1cc(/C=N/NC(=O)C(C)Oc2ccc(OCc3ccccc3)cc2)ccc1OC(=O)c1ccc(C)cc1. The van der Waals surface area contributed by atoms with Crippen LogP contribution < -0.4 is 24.4 Å². The fourth-order valence-electron chi connectivity index (χ4n) is 3.57. The Balaban J connectivity index is 1.27. The number of methoxy groups -OCH3 is 1. The summed E-state index contributed by atoms with van der Waals surface area (Å²) in [7, 11) is 1.47. The van der Waals surface area contributed by atoms with E-state index in [9.17, 15) is 9.59 Å². The van der Waals surface area contributed by atoms with Crippen LogP contribution in [0.3, 0.4) is 0 Å². The number of hydrazone groups is 1. The Morgan fingerprint density at radius 2 is 1.57 bits per heavy atom. The molecule has 4 rings (SSSR count). The molecule has 204 valence electrons. The second kappa shape index (κ2) is 13.6. The maximum atomic E-state index is 12.5. The zero-order valence-electron chi connectivity index (χ0n) is 22.5. The molecule has 0 saturated carbocycles. The molecule has 4 aromatic rings. The molecule has 1 unspecified atom stereocenters. The quantitative estimate of drug-likeness (QED) is 0.114. The second-order valence-electron chi connectivity index (χ2n) is 8.91. The highest BCUT2D eigenvalue weighted by atomic mass is 16.6. The van der Waals surface area contributed by atoms with Gasteiger partial charge in [0.1, 0.15) is 18.1 Å². The lowest BCUT2D eigenvalue weighted by Crippen LogP contribution is -2.33. The maximum absolute atomic E-state index is 12.5. The van der Waals surface area contributed by atoms with Gasteiger partial charge in [0.2, 0.25) is 0 Å². The molecule has 0 aliphatic carbocycles. The maximum Gasteiger partial charge on any atom is 0.343 e. The molecule has 0 saturated heterocycles. The van der Waals surface area contributed by atoms with Crippen LogP contribution in [0.15, 0.2) is 102 Å². The predicted octanol–water partition coefficient (Wildman–Crippen LogP) is 5.72. The summed E-state index contributed by atoms with van der Waals surface area (Å²) in [5.41, 5.74) is 5.65. The molecule has 40 heavy (non-hydrogen) atoms. The zero-order chi connectivity index (χ0) is 28.3. The number of hydrogen-bond donors (Lipinski definition) is 1. The minimum atomic E-state index is -0.786. The van der Waals surface area contributed by atoms with Gasteiger partial charge in [0.15, 0.2) is 17.6 Å². The molecule has 8 nitrogen and oxygen atoms in total. The Morgan fingerprint density at radius 3 is 2.27 bits per heavy atom. The Hall–Kier alpha value is -5.11. The number of amides is 1. The molecule has 0 aromatic heterocycles. The summed E-state index contributed by atoms with van der Waals surface area (Å²) < 4.78 is 22.3. The van der Waals surface area contributed by atoms with Crippen LogP contribution in [0.2, 0.25) is 0 Å². The van der Waals surface area contributed by atoms with Gasteiger partial charge < -0.3 is 18.9 Å². The number of esters is 1. The van der Waals surface area contributed by atoms with Gasteiger partial charge in [-0.1, -0.05) is 48.0 Å². The van der Waals surface area contributed by atoms with E-state index in [-0.39, 0.29) is 5.75 Å². The summed E-state index contributed by atoms with van der Waals surface area (Å²) in [6.07, 6.45) is 0.670. The van der Waals surface area contributed by atoms with Crippen molar-refractivity contribution in [2.45, 2.75) is 26.6 Å². The fraction of sp³-hybridized carbons (Fsp3) is 0.156. The highest BCUT2D eigenvalue weighted by molar-refractivity contribution is 5.91. The van der Waals surface area contributed by atoms with Crippen molar-refractivity contribution < 1.29 is 28.5 Å². The molecule has 0 aliphatic rings. The van der Waals surface area contributed by atoms with E-state index in [0.29, 0.717) is 35.0 Å². The third-order valence-electron chi connectivity index (χ3n) is 5.82. The average Bonchev–Trinajstić information content (AvgIpc) is 2.98. The van der Waals surface area contributed by atoms with Crippen LogP contribution in [-0.2, 0) is 11.4 Å². The number of rotatable bonds is 11. The smallest absolute Gasteiger partial charge is 0.343 e. The number of nitrogens with one attached hydrogen (secondary N) is 1. The summed E-state index contributed by atoms with van der Waals surface area (Å²) in [4.78, 5) is 24.9. The van der Waals surface area contributed by atoms with Gasteiger partial charge in [0.25, 0.3) is 5.91 Å². The monoisotopic (exact) mass is 538 g/mol. The minimum absolute atomic E-state index is 0.271. The lowest BCUT2D eigenvalue weighted by Gasteiger charge is -2.13. The lowest BCUT2D eigenvalue weighted by atomic mass is 10.1. The number of carbonyl (C=O) groups is 2. The van der Waals surface area contributed by atoms with E-state index in [1.165, 1.54) is 13.3 Å².